The number of nitrogen functional groups attached to an aromatic ring is 1. The van der Waals surface area contributed by atoms with E-state index in [1.165, 1.54) is 0 Å². The summed E-state index contributed by atoms with van der Waals surface area (Å²) >= 11 is 0. The van der Waals surface area contributed by atoms with Gasteiger partial charge in [0.1, 0.15) is 0 Å². The Labute approximate surface area is 120 Å². The van der Waals surface area contributed by atoms with Crippen molar-refractivity contribution in [3.63, 3.8) is 0 Å². The van der Waals surface area contributed by atoms with Gasteiger partial charge in [0.25, 0.3) is 11.8 Å². The first-order valence-electron chi connectivity index (χ1n) is 6.18. The van der Waals surface area contributed by atoms with Gasteiger partial charge in [0.15, 0.2) is 0 Å². The summed E-state index contributed by atoms with van der Waals surface area (Å²) in [4.78, 5) is 39.1. The topological polar surface area (TPSA) is 103 Å². The number of aromatic nitrogens is 1. The summed E-state index contributed by atoms with van der Waals surface area (Å²) < 4.78 is 0. The quantitative estimate of drug-likeness (QED) is 0.503. The molecule has 0 bridgehead atoms. The van der Waals surface area contributed by atoms with Crippen molar-refractivity contribution in [2.75, 3.05) is 5.73 Å². The molecule has 0 atom stereocenters. The third-order valence-corrected chi connectivity index (χ3v) is 2.78. The van der Waals surface area contributed by atoms with Crippen molar-refractivity contribution in [3.05, 3.63) is 36.5 Å². The number of nitrogens with two attached hydrogens (primary N) is 1. The number of amides is 2. The van der Waals surface area contributed by atoms with Gasteiger partial charge in [-0.05, 0) is 24.3 Å². The molecule has 0 saturated carbocycles. The zero-order valence-corrected chi connectivity index (χ0v) is 11.1. The van der Waals surface area contributed by atoms with Crippen LogP contribution in [0.25, 0.3) is 10.9 Å². The van der Waals surface area contributed by atoms with Crippen LogP contribution >= 0.6 is 0 Å². The van der Waals surface area contributed by atoms with Crippen LogP contribution in [0.1, 0.15) is 12.8 Å². The average Bonchev–Trinajstić information content (AvgIpc) is 2.80. The number of hydrogen-bond donors (Lipinski definition) is 1. The number of rotatable bonds is 2. The van der Waals surface area contributed by atoms with Gasteiger partial charge in [-0.15, -0.1) is 5.06 Å². The molecule has 0 aliphatic carbocycles. The van der Waals surface area contributed by atoms with Crippen molar-refractivity contribution < 1.29 is 19.2 Å². The molecule has 2 heterocycles. The normalized spacial score (nSPS) is 13.8. The minimum Gasteiger partial charge on any atom is -0.399 e. The van der Waals surface area contributed by atoms with Crippen LogP contribution in [0.2, 0.25) is 0 Å². The van der Waals surface area contributed by atoms with E-state index in [9.17, 15) is 14.4 Å². The first kappa shape index (κ1) is 14.4. The second kappa shape index (κ2) is 6.47. The fourth-order valence-corrected chi connectivity index (χ4v) is 1.81. The molecule has 108 valence electrons. The van der Waals surface area contributed by atoms with Gasteiger partial charge in [-0.2, -0.15) is 0 Å². The third-order valence-electron chi connectivity index (χ3n) is 2.78. The predicted molar refractivity (Wildman–Crippen MR) is 74.4 cm³/mol. The molecule has 2 aromatic rings. The Kier molecular flexibility index (Phi) is 4.45. The zero-order valence-electron chi connectivity index (χ0n) is 11.1. The first-order valence-corrected chi connectivity index (χ1v) is 6.18. The van der Waals surface area contributed by atoms with Gasteiger partial charge in [-0.25, -0.2) is 0 Å². The maximum Gasteiger partial charge on any atom is 0.321 e. The second-order valence-corrected chi connectivity index (χ2v) is 4.24. The molecule has 1 aromatic heterocycles. The number of benzene rings is 1. The van der Waals surface area contributed by atoms with Crippen molar-refractivity contribution in [3.8, 4) is 0 Å². The molecule has 2 amide bonds. The van der Waals surface area contributed by atoms with Gasteiger partial charge in [-0.1, -0.05) is 6.07 Å². The fourth-order valence-electron chi connectivity index (χ4n) is 1.81. The van der Waals surface area contributed by atoms with Crippen molar-refractivity contribution in [1.29, 1.82) is 0 Å². The number of hydroxylamine groups is 2. The molecule has 1 aromatic carbocycles. The molecule has 7 nitrogen and oxygen atoms in total. The predicted octanol–water partition coefficient (Wildman–Crippen LogP) is 1.04. The van der Waals surface area contributed by atoms with E-state index in [-0.39, 0.29) is 19.3 Å². The fraction of sp³-hybridized carbons (Fsp3) is 0.143. The summed E-state index contributed by atoms with van der Waals surface area (Å²) in [5, 5.41) is 1.57. The number of imide groups is 1. The van der Waals surface area contributed by atoms with E-state index in [1.54, 1.807) is 6.20 Å². The van der Waals surface area contributed by atoms with E-state index in [0.29, 0.717) is 5.06 Å². The van der Waals surface area contributed by atoms with Gasteiger partial charge in [-0.3, -0.25) is 19.4 Å². The average molecular weight is 287 g/mol. The molecule has 7 heteroatoms. The highest BCUT2D eigenvalue weighted by atomic mass is 16.7. The van der Waals surface area contributed by atoms with E-state index in [2.05, 4.69) is 9.82 Å². The Hall–Kier alpha value is -2.96. The molecule has 1 aliphatic rings. The van der Waals surface area contributed by atoms with E-state index in [1.807, 2.05) is 30.3 Å². The van der Waals surface area contributed by atoms with E-state index in [0.717, 1.165) is 16.6 Å². The Bertz CT molecular complexity index is 671. The summed E-state index contributed by atoms with van der Waals surface area (Å²) in [6.07, 6.45) is 2.04. The Morgan fingerprint density at radius 2 is 1.90 bits per heavy atom. The van der Waals surface area contributed by atoms with E-state index < -0.39 is 11.8 Å². The zero-order chi connectivity index (χ0) is 15.2. The third kappa shape index (κ3) is 3.53. The molecule has 3 rings (SSSR count). The van der Waals surface area contributed by atoms with Crippen LogP contribution in [0.3, 0.4) is 0 Å². The second-order valence-electron chi connectivity index (χ2n) is 4.24. The van der Waals surface area contributed by atoms with Crippen LogP contribution in [-0.4, -0.2) is 28.3 Å². The SMILES string of the molecule is Nc1ccc2ncccc2c1.O=CON1C(=O)CCC1=O. The molecular weight excluding hydrogens is 274 g/mol. The Balaban J connectivity index is 0.000000155. The molecular formula is C14H13N3O4. The molecule has 1 aliphatic heterocycles. The van der Waals surface area contributed by atoms with Crippen LogP contribution in [0, 0.1) is 0 Å². The standard InChI is InChI=1S/C9H8N2.C5H5NO4/c10-8-3-4-9-7(6-8)2-1-5-11-9;7-3-10-6-4(8)1-2-5(6)9/h1-6H,10H2;3H,1-2H2. The van der Waals surface area contributed by atoms with E-state index in [4.69, 9.17) is 5.73 Å². The first-order chi connectivity index (χ1) is 10.1. The Morgan fingerprint density at radius 3 is 2.57 bits per heavy atom. The highest BCUT2D eigenvalue weighted by molar-refractivity contribution is 6.01. The lowest BCUT2D eigenvalue weighted by Gasteiger charge is -2.06. The summed E-state index contributed by atoms with van der Waals surface area (Å²) in [6.45, 7) is 0.0567. The van der Waals surface area contributed by atoms with Crippen LogP contribution in [-0.2, 0) is 19.2 Å². The van der Waals surface area contributed by atoms with Gasteiger partial charge < -0.3 is 10.6 Å². The number of pyridine rings is 1. The molecule has 0 spiro atoms. The van der Waals surface area contributed by atoms with Crippen molar-refractivity contribution in [1.82, 2.24) is 10.0 Å². The number of carbonyl (C=O) groups excluding carboxylic acids is 3. The van der Waals surface area contributed by atoms with Crippen LogP contribution in [0.5, 0.6) is 0 Å². The monoisotopic (exact) mass is 287 g/mol. The summed E-state index contributed by atoms with van der Waals surface area (Å²) in [5.74, 6) is -0.922. The molecule has 1 fully saturated rings. The van der Waals surface area contributed by atoms with Gasteiger partial charge in [0, 0.05) is 30.1 Å². The lowest BCUT2D eigenvalue weighted by molar-refractivity contribution is -0.188. The number of anilines is 1. The summed E-state index contributed by atoms with van der Waals surface area (Å²) in [6, 6.07) is 9.60. The van der Waals surface area contributed by atoms with Crippen molar-refractivity contribution in [2.45, 2.75) is 12.8 Å². The van der Waals surface area contributed by atoms with Crippen molar-refractivity contribution >= 4 is 34.9 Å². The highest BCUT2D eigenvalue weighted by Gasteiger charge is 2.30. The molecule has 21 heavy (non-hydrogen) atoms. The van der Waals surface area contributed by atoms with Crippen LogP contribution in [0.4, 0.5) is 5.69 Å². The van der Waals surface area contributed by atoms with E-state index >= 15 is 0 Å². The molecule has 2 N–H and O–H groups in total. The minimum atomic E-state index is -0.461. The smallest absolute Gasteiger partial charge is 0.321 e. The highest BCUT2D eigenvalue weighted by Crippen LogP contribution is 2.13. The van der Waals surface area contributed by atoms with Crippen molar-refractivity contribution in [2.24, 2.45) is 0 Å². The van der Waals surface area contributed by atoms with Gasteiger partial charge >= 0.3 is 6.47 Å². The van der Waals surface area contributed by atoms with Gasteiger partial charge in [0.2, 0.25) is 0 Å². The van der Waals surface area contributed by atoms with Crippen LogP contribution < -0.4 is 5.73 Å². The summed E-state index contributed by atoms with van der Waals surface area (Å²) in [7, 11) is 0. The molecule has 1 saturated heterocycles. The Morgan fingerprint density at radius 1 is 1.19 bits per heavy atom. The number of carbonyl (C=O) groups is 3. The number of fused-ring (bicyclic) bond motifs is 1. The minimum absolute atomic E-state index is 0.0567. The van der Waals surface area contributed by atoms with Crippen LogP contribution in [0.15, 0.2) is 36.5 Å². The van der Waals surface area contributed by atoms with Gasteiger partial charge in [0.05, 0.1) is 5.52 Å². The maximum atomic E-state index is 10.6. The molecule has 0 radical (unpaired) electrons. The largest absolute Gasteiger partial charge is 0.399 e. The molecule has 0 unspecified atom stereocenters. The number of hydrogen-bond acceptors (Lipinski definition) is 6. The number of nitrogens with zero attached hydrogens (tertiary/aromatic N) is 2. The lowest BCUT2D eigenvalue weighted by Crippen LogP contribution is -2.28. The summed E-state index contributed by atoms with van der Waals surface area (Å²) in [5.41, 5.74) is 7.37. The maximum absolute atomic E-state index is 10.6. The lowest BCUT2D eigenvalue weighted by atomic mass is 10.2.